The molecule has 0 aromatic heterocycles. The number of carbonyl (C=O) groups excluding carboxylic acids is 1. The molecule has 2 heterocycles. The van der Waals surface area contributed by atoms with Crippen LogP contribution >= 0.6 is 0 Å². The van der Waals surface area contributed by atoms with Gasteiger partial charge in [0, 0.05) is 25.3 Å². The maximum absolute atomic E-state index is 13.2. The van der Waals surface area contributed by atoms with Crippen molar-refractivity contribution in [2.24, 2.45) is 11.8 Å². The van der Waals surface area contributed by atoms with Crippen molar-refractivity contribution in [3.05, 3.63) is 29.8 Å². The summed E-state index contributed by atoms with van der Waals surface area (Å²) in [5.41, 5.74) is 0.877. The summed E-state index contributed by atoms with van der Waals surface area (Å²) in [6.45, 7) is 3.75. The SMILES string of the molecule is CN(C)CC1CCC2(CC1)CN(C(=O)[C@@H]1CCOC1)Cc1ccccc1O2. The summed E-state index contributed by atoms with van der Waals surface area (Å²) in [5.74, 6) is 1.93. The van der Waals surface area contributed by atoms with Crippen molar-refractivity contribution in [3.63, 3.8) is 0 Å². The molecule has 0 unspecified atom stereocenters. The quantitative estimate of drug-likeness (QED) is 0.818. The van der Waals surface area contributed by atoms with Crippen molar-refractivity contribution < 1.29 is 14.3 Å². The van der Waals surface area contributed by atoms with Crippen LogP contribution in [-0.4, -0.2) is 61.7 Å². The Balaban J connectivity index is 1.55. The molecule has 1 amide bonds. The van der Waals surface area contributed by atoms with Gasteiger partial charge in [0.05, 0.1) is 19.1 Å². The molecule has 5 nitrogen and oxygen atoms in total. The predicted octanol–water partition coefficient (Wildman–Crippen LogP) is 2.93. The third kappa shape index (κ3) is 4.14. The van der Waals surface area contributed by atoms with E-state index in [1.54, 1.807) is 0 Å². The van der Waals surface area contributed by atoms with Gasteiger partial charge in [-0.3, -0.25) is 4.79 Å². The highest BCUT2D eigenvalue weighted by atomic mass is 16.5. The molecular weight excluding hydrogens is 340 g/mol. The second-order valence-electron chi connectivity index (χ2n) is 8.85. The Morgan fingerprint density at radius 2 is 2.00 bits per heavy atom. The molecule has 1 atom stereocenters. The van der Waals surface area contributed by atoms with Gasteiger partial charge in [0.25, 0.3) is 0 Å². The second kappa shape index (κ2) is 7.80. The molecule has 2 aliphatic heterocycles. The summed E-state index contributed by atoms with van der Waals surface area (Å²) in [6, 6.07) is 8.23. The Labute approximate surface area is 162 Å². The molecule has 148 valence electrons. The summed E-state index contributed by atoms with van der Waals surface area (Å²) in [7, 11) is 4.29. The van der Waals surface area contributed by atoms with E-state index in [4.69, 9.17) is 9.47 Å². The highest BCUT2D eigenvalue weighted by molar-refractivity contribution is 5.79. The van der Waals surface area contributed by atoms with Crippen LogP contribution in [0.1, 0.15) is 37.7 Å². The highest BCUT2D eigenvalue weighted by Gasteiger charge is 2.43. The molecule has 3 aliphatic rings. The Hall–Kier alpha value is -1.59. The number of amides is 1. The predicted molar refractivity (Wildman–Crippen MR) is 105 cm³/mol. The molecule has 5 heteroatoms. The first-order valence-electron chi connectivity index (χ1n) is 10.3. The molecule has 0 bridgehead atoms. The number of hydrogen-bond donors (Lipinski definition) is 0. The average Bonchev–Trinajstić information content (AvgIpc) is 3.13. The third-order valence-corrected chi connectivity index (χ3v) is 6.37. The van der Waals surface area contributed by atoms with Crippen LogP contribution in [0.15, 0.2) is 24.3 Å². The summed E-state index contributed by atoms with van der Waals surface area (Å²) < 4.78 is 12.1. The van der Waals surface area contributed by atoms with Gasteiger partial charge < -0.3 is 19.3 Å². The summed E-state index contributed by atoms with van der Waals surface area (Å²) in [6.07, 6.45) is 5.20. The Bertz CT molecular complexity index is 661. The van der Waals surface area contributed by atoms with E-state index in [0.717, 1.165) is 55.9 Å². The van der Waals surface area contributed by atoms with E-state index >= 15 is 0 Å². The van der Waals surface area contributed by atoms with Crippen LogP contribution < -0.4 is 4.74 Å². The molecule has 0 N–H and O–H groups in total. The van der Waals surface area contributed by atoms with Crippen LogP contribution in [0.5, 0.6) is 5.75 Å². The Kier molecular flexibility index (Phi) is 5.42. The molecule has 1 aromatic rings. The van der Waals surface area contributed by atoms with Crippen molar-refractivity contribution in [2.45, 2.75) is 44.2 Å². The van der Waals surface area contributed by atoms with Crippen LogP contribution in [0.2, 0.25) is 0 Å². The monoisotopic (exact) mass is 372 g/mol. The van der Waals surface area contributed by atoms with Gasteiger partial charge in [-0.1, -0.05) is 18.2 Å². The fourth-order valence-electron chi connectivity index (χ4n) is 4.92. The number of hydrogen-bond acceptors (Lipinski definition) is 4. The lowest BCUT2D eigenvalue weighted by atomic mass is 9.78. The van der Waals surface area contributed by atoms with Crippen molar-refractivity contribution in [3.8, 4) is 5.75 Å². The van der Waals surface area contributed by atoms with Crippen molar-refractivity contribution in [1.29, 1.82) is 0 Å². The molecule has 2 fully saturated rings. The van der Waals surface area contributed by atoms with Gasteiger partial charge in [-0.15, -0.1) is 0 Å². The topological polar surface area (TPSA) is 42.0 Å². The zero-order chi connectivity index (χ0) is 18.9. The van der Waals surface area contributed by atoms with Crippen LogP contribution in [0.3, 0.4) is 0 Å². The zero-order valence-corrected chi connectivity index (χ0v) is 16.7. The highest BCUT2D eigenvalue weighted by Crippen LogP contribution is 2.40. The molecule has 0 radical (unpaired) electrons. The van der Waals surface area contributed by atoms with Gasteiger partial charge >= 0.3 is 0 Å². The van der Waals surface area contributed by atoms with Crippen molar-refractivity contribution in [2.75, 3.05) is 40.4 Å². The van der Waals surface area contributed by atoms with Gasteiger partial charge in [-0.2, -0.15) is 0 Å². The van der Waals surface area contributed by atoms with Gasteiger partial charge in [-0.05, 0) is 58.2 Å². The molecule has 27 heavy (non-hydrogen) atoms. The van der Waals surface area contributed by atoms with Crippen molar-refractivity contribution >= 4 is 5.91 Å². The fraction of sp³-hybridized carbons (Fsp3) is 0.682. The first-order chi connectivity index (χ1) is 13.0. The molecular formula is C22H32N2O3. The van der Waals surface area contributed by atoms with Crippen LogP contribution in [0.25, 0.3) is 0 Å². The van der Waals surface area contributed by atoms with Gasteiger partial charge in [0.2, 0.25) is 5.91 Å². The van der Waals surface area contributed by atoms with E-state index < -0.39 is 0 Å². The number of nitrogens with zero attached hydrogens (tertiary/aromatic N) is 2. The fourth-order valence-corrected chi connectivity index (χ4v) is 4.92. The average molecular weight is 373 g/mol. The van der Waals surface area contributed by atoms with E-state index in [1.165, 1.54) is 0 Å². The zero-order valence-electron chi connectivity index (χ0n) is 16.7. The Morgan fingerprint density at radius 1 is 1.22 bits per heavy atom. The van der Waals surface area contributed by atoms with Crippen molar-refractivity contribution in [1.82, 2.24) is 9.80 Å². The number of ether oxygens (including phenoxy) is 2. The third-order valence-electron chi connectivity index (χ3n) is 6.37. The normalized spacial score (nSPS) is 30.9. The first kappa shape index (κ1) is 18.8. The second-order valence-corrected chi connectivity index (χ2v) is 8.85. The van der Waals surface area contributed by atoms with Crippen LogP contribution in [0, 0.1) is 11.8 Å². The van der Waals surface area contributed by atoms with Gasteiger partial charge in [0.15, 0.2) is 0 Å². The molecule has 1 spiro atoms. The van der Waals surface area contributed by atoms with E-state index in [1.807, 2.05) is 12.1 Å². The number of benzene rings is 1. The molecule has 1 saturated carbocycles. The first-order valence-corrected chi connectivity index (χ1v) is 10.3. The summed E-state index contributed by atoms with van der Waals surface area (Å²) >= 11 is 0. The van der Waals surface area contributed by atoms with Crippen LogP contribution in [0.4, 0.5) is 0 Å². The minimum atomic E-state index is -0.245. The van der Waals surface area contributed by atoms with E-state index in [9.17, 15) is 4.79 Å². The van der Waals surface area contributed by atoms with E-state index in [2.05, 4.69) is 36.0 Å². The largest absolute Gasteiger partial charge is 0.485 e. The lowest BCUT2D eigenvalue weighted by molar-refractivity contribution is -0.139. The number of para-hydroxylation sites is 1. The van der Waals surface area contributed by atoms with E-state index in [-0.39, 0.29) is 17.4 Å². The van der Waals surface area contributed by atoms with Gasteiger partial charge in [0.1, 0.15) is 11.4 Å². The Morgan fingerprint density at radius 3 is 2.70 bits per heavy atom. The molecule has 1 aromatic carbocycles. The minimum Gasteiger partial charge on any atom is -0.485 e. The van der Waals surface area contributed by atoms with Gasteiger partial charge in [-0.25, -0.2) is 0 Å². The lowest BCUT2D eigenvalue weighted by Crippen LogP contribution is -2.51. The number of rotatable bonds is 3. The number of carbonyl (C=O) groups is 1. The lowest BCUT2D eigenvalue weighted by Gasteiger charge is -2.42. The summed E-state index contributed by atoms with van der Waals surface area (Å²) in [5, 5.41) is 0. The smallest absolute Gasteiger partial charge is 0.228 e. The maximum atomic E-state index is 13.2. The van der Waals surface area contributed by atoms with E-state index in [0.29, 0.717) is 26.3 Å². The molecule has 4 rings (SSSR count). The molecule has 1 saturated heterocycles. The molecule has 1 aliphatic carbocycles. The number of fused-ring (bicyclic) bond motifs is 1. The minimum absolute atomic E-state index is 0.0115. The standard InChI is InChI=1S/C22H32N2O3/c1-23(2)13-17-7-10-22(11-8-17)16-24(21(25)19-9-12-26-15-19)14-18-5-3-4-6-20(18)27-22/h3-6,17,19H,7-16H2,1-2H3/t17?,19-,22?/m1/s1. The van der Waals surface area contributed by atoms with Crippen LogP contribution in [-0.2, 0) is 16.1 Å². The summed E-state index contributed by atoms with van der Waals surface area (Å²) in [4.78, 5) is 17.5. The maximum Gasteiger partial charge on any atom is 0.228 e.